The Morgan fingerprint density at radius 2 is 1.15 bits per heavy atom. The molecule has 3 aromatic carbocycles. The highest BCUT2D eigenvalue weighted by Crippen LogP contribution is 2.16. The van der Waals surface area contributed by atoms with Crippen LogP contribution in [0.2, 0.25) is 0 Å². The molecule has 3 amide bonds. The van der Waals surface area contributed by atoms with Gasteiger partial charge in [-0.05, 0) is 60.5 Å². The van der Waals surface area contributed by atoms with Crippen LogP contribution < -0.4 is 21.3 Å². The number of hydrogen-bond acceptors (Lipinski definition) is 4. The minimum atomic E-state index is -0.197. The average Bonchev–Trinajstić information content (AvgIpc) is 2.84. The van der Waals surface area contributed by atoms with E-state index in [2.05, 4.69) is 21.3 Å². The Kier molecular flexibility index (Phi) is 8.80. The number of amides is 3. The van der Waals surface area contributed by atoms with Gasteiger partial charge in [0.2, 0.25) is 17.7 Å². The largest absolute Gasteiger partial charge is 0.376 e. The number of hydrogen-bond donors (Lipinski definition) is 4. The smallest absolute Gasteiger partial charge is 0.243 e. The standard InChI is InChI=1S/C27H30N4O3/c1-19(2)27(34)31-24-11-9-21(10-12-24)28-18-26(33)30-23-15-13-22(14-16-23)29-25(32)17-8-20-6-4-3-5-7-20/h3-7,9-16,19,28H,8,17-18H2,1-2H3,(H,29,32)(H,30,33)(H,31,34). The topological polar surface area (TPSA) is 99.3 Å². The Bertz CT molecular complexity index is 1090. The van der Waals surface area contributed by atoms with E-state index in [0.29, 0.717) is 29.9 Å². The number of rotatable bonds is 10. The van der Waals surface area contributed by atoms with E-state index >= 15 is 0 Å². The lowest BCUT2D eigenvalue weighted by molar-refractivity contribution is -0.119. The SMILES string of the molecule is CC(C)C(=O)Nc1ccc(NCC(=O)Nc2ccc(NC(=O)CCc3ccccc3)cc2)cc1. The molecular formula is C27H30N4O3. The number of nitrogens with one attached hydrogen (secondary N) is 4. The van der Waals surface area contributed by atoms with Crippen molar-refractivity contribution in [3.8, 4) is 0 Å². The molecule has 0 heterocycles. The lowest BCUT2D eigenvalue weighted by atomic mass is 10.1. The molecule has 0 unspecified atom stereocenters. The summed E-state index contributed by atoms with van der Waals surface area (Å²) in [6.07, 6.45) is 1.09. The summed E-state index contributed by atoms with van der Waals surface area (Å²) in [4.78, 5) is 36.2. The molecule has 0 saturated heterocycles. The molecule has 7 nitrogen and oxygen atoms in total. The van der Waals surface area contributed by atoms with E-state index < -0.39 is 0 Å². The second kappa shape index (κ2) is 12.2. The maximum Gasteiger partial charge on any atom is 0.243 e. The Morgan fingerprint density at radius 1 is 0.647 bits per heavy atom. The highest BCUT2D eigenvalue weighted by atomic mass is 16.2. The van der Waals surface area contributed by atoms with Gasteiger partial charge in [0, 0.05) is 35.1 Å². The number of carbonyl (C=O) groups is 3. The fraction of sp³-hybridized carbons (Fsp3) is 0.222. The van der Waals surface area contributed by atoms with E-state index in [1.54, 1.807) is 48.5 Å². The third-order valence-electron chi connectivity index (χ3n) is 5.07. The highest BCUT2D eigenvalue weighted by Gasteiger charge is 2.08. The van der Waals surface area contributed by atoms with Gasteiger partial charge in [0.1, 0.15) is 0 Å². The third-order valence-corrected chi connectivity index (χ3v) is 5.07. The van der Waals surface area contributed by atoms with Crippen LogP contribution in [0.1, 0.15) is 25.8 Å². The second-order valence-electron chi connectivity index (χ2n) is 8.23. The zero-order valence-electron chi connectivity index (χ0n) is 19.4. The van der Waals surface area contributed by atoms with E-state index in [-0.39, 0.29) is 30.2 Å². The first-order chi connectivity index (χ1) is 16.4. The van der Waals surface area contributed by atoms with E-state index in [4.69, 9.17) is 0 Å². The molecule has 0 atom stereocenters. The molecule has 3 aromatic rings. The van der Waals surface area contributed by atoms with Crippen LogP contribution in [0.3, 0.4) is 0 Å². The maximum absolute atomic E-state index is 12.3. The van der Waals surface area contributed by atoms with Gasteiger partial charge in [-0.1, -0.05) is 44.2 Å². The second-order valence-corrected chi connectivity index (χ2v) is 8.23. The molecule has 0 saturated carbocycles. The average molecular weight is 459 g/mol. The highest BCUT2D eigenvalue weighted by molar-refractivity contribution is 5.95. The van der Waals surface area contributed by atoms with Crippen LogP contribution in [0.25, 0.3) is 0 Å². The van der Waals surface area contributed by atoms with Crippen molar-refractivity contribution in [2.45, 2.75) is 26.7 Å². The first kappa shape index (κ1) is 24.5. The molecular weight excluding hydrogens is 428 g/mol. The monoisotopic (exact) mass is 458 g/mol. The summed E-state index contributed by atoms with van der Waals surface area (Å²) < 4.78 is 0. The van der Waals surface area contributed by atoms with Crippen molar-refractivity contribution in [2.24, 2.45) is 5.92 Å². The zero-order valence-corrected chi connectivity index (χ0v) is 19.4. The van der Waals surface area contributed by atoms with Gasteiger partial charge >= 0.3 is 0 Å². The summed E-state index contributed by atoms with van der Waals surface area (Å²) >= 11 is 0. The van der Waals surface area contributed by atoms with Crippen LogP contribution in [0.5, 0.6) is 0 Å². The van der Waals surface area contributed by atoms with Gasteiger partial charge in [0.05, 0.1) is 6.54 Å². The van der Waals surface area contributed by atoms with Crippen LogP contribution >= 0.6 is 0 Å². The van der Waals surface area contributed by atoms with Gasteiger partial charge in [-0.15, -0.1) is 0 Å². The van der Waals surface area contributed by atoms with Crippen molar-refractivity contribution in [1.29, 1.82) is 0 Å². The lowest BCUT2D eigenvalue weighted by Gasteiger charge is -2.11. The predicted molar refractivity (Wildman–Crippen MR) is 137 cm³/mol. The molecule has 0 radical (unpaired) electrons. The summed E-state index contributed by atoms with van der Waals surface area (Å²) in [5.74, 6) is -0.388. The van der Waals surface area contributed by atoms with Crippen molar-refractivity contribution in [3.05, 3.63) is 84.4 Å². The van der Waals surface area contributed by atoms with Gasteiger partial charge in [-0.3, -0.25) is 14.4 Å². The molecule has 0 fully saturated rings. The van der Waals surface area contributed by atoms with Crippen molar-refractivity contribution in [3.63, 3.8) is 0 Å². The Hall–Kier alpha value is -4.13. The number of carbonyl (C=O) groups excluding carboxylic acids is 3. The van der Waals surface area contributed by atoms with E-state index in [1.807, 2.05) is 44.2 Å². The van der Waals surface area contributed by atoms with Crippen LogP contribution in [-0.4, -0.2) is 24.3 Å². The van der Waals surface area contributed by atoms with Gasteiger partial charge in [0.15, 0.2) is 0 Å². The fourth-order valence-corrected chi connectivity index (χ4v) is 3.11. The van der Waals surface area contributed by atoms with E-state index in [1.165, 1.54) is 0 Å². The summed E-state index contributed by atoms with van der Waals surface area (Å²) in [5, 5.41) is 11.6. The molecule has 3 rings (SSSR count). The normalized spacial score (nSPS) is 10.4. The van der Waals surface area contributed by atoms with E-state index in [0.717, 1.165) is 11.3 Å². The van der Waals surface area contributed by atoms with E-state index in [9.17, 15) is 14.4 Å². The van der Waals surface area contributed by atoms with Gasteiger partial charge in [-0.25, -0.2) is 0 Å². The van der Waals surface area contributed by atoms with Gasteiger partial charge < -0.3 is 21.3 Å². The molecule has 7 heteroatoms. The van der Waals surface area contributed by atoms with Crippen LogP contribution in [0, 0.1) is 5.92 Å². The third kappa shape index (κ3) is 8.09. The van der Waals surface area contributed by atoms with Crippen molar-refractivity contribution in [1.82, 2.24) is 0 Å². The first-order valence-corrected chi connectivity index (χ1v) is 11.3. The maximum atomic E-state index is 12.3. The summed E-state index contributed by atoms with van der Waals surface area (Å²) in [6.45, 7) is 3.76. The molecule has 0 bridgehead atoms. The minimum absolute atomic E-state index is 0.0437. The summed E-state index contributed by atoms with van der Waals surface area (Å²) in [5.41, 5.74) is 3.92. The van der Waals surface area contributed by atoms with Crippen LogP contribution in [-0.2, 0) is 20.8 Å². The molecule has 176 valence electrons. The molecule has 0 aliphatic heterocycles. The Labute approximate surface area is 200 Å². The Morgan fingerprint density at radius 3 is 1.71 bits per heavy atom. The van der Waals surface area contributed by atoms with Gasteiger partial charge in [0.25, 0.3) is 0 Å². The van der Waals surface area contributed by atoms with Crippen molar-refractivity contribution < 1.29 is 14.4 Å². The molecule has 0 aliphatic carbocycles. The van der Waals surface area contributed by atoms with Crippen LogP contribution in [0.15, 0.2) is 78.9 Å². The van der Waals surface area contributed by atoms with Crippen molar-refractivity contribution >= 4 is 40.5 Å². The molecule has 34 heavy (non-hydrogen) atoms. The van der Waals surface area contributed by atoms with Gasteiger partial charge in [-0.2, -0.15) is 0 Å². The number of aryl methyl sites for hydroxylation is 1. The Balaban J connectivity index is 1.40. The fourth-order valence-electron chi connectivity index (χ4n) is 3.11. The molecule has 0 aromatic heterocycles. The molecule has 4 N–H and O–H groups in total. The summed E-state index contributed by atoms with van der Waals surface area (Å²) in [6, 6.07) is 24.1. The first-order valence-electron chi connectivity index (χ1n) is 11.3. The molecule has 0 spiro atoms. The lowest BCUT2D eigenvalue weighted by Crippen LogP contribution is -2.21. The minimum Gasteiger partial charge on any atom is -0.376 e. The number of anilines is 4. The van der Waals surface area contributed by atoms with Crippen LogP contribution in [0.4, 0.5) is 22.7 Å². The van der Waals surface area contributed by atoms with Crippen molar-refractivity contribution in [2.75, 3.05) is 27.8 Å². The zero-order chi connectivity index (χ0) is 24.3. The summed E-state index contributed by atoms with van der Waals surface area (Å²) in [7, 11) is 0. The predicted octanol–water partition coefficient (Wildman–Crippen LogP) is 4.90. The quantitative estimate of drug-likeness (QED) is 0.347. The molecule has 0 aliphatic rings. The number of benzene rings is 3.